The zero-order chi connectivity index (χ0) is 13.2. The highest BCUT2D eigenvalue weighted by Gasteiger charge is 2.02. The SMILES string of the molecule is COC(=O)Cc1ccc(CNCCCC=O)cc1. The van der Waals surface area contributed by atoms with E-state index < -0.39 is 0 Å². The molecule has 1 rings (SSSR count). The van der Waals surface area contributed by atoms with Crippen molar-refractivity contribution in [2.45, 2.75) is 25.8 Å². The van der Waals surface area contributed by atoms with Gasteiger partial charge in [0.05, 0.1) is 13.5 Å². The fourth-order valence-corrected chi connectivity index (χ4v) is 1.56. The number of carbonyl (C=O) groups excluding carboxylic acids is 2. The van der Waals surface area contributed by atoms with Gasteiger partial charge in [-0.2, -0.15) is 0 Å². The molecule has 1 aromatic carbocycles. The Hall–Kier alpha value is -1.68. The molecule has 0 atom stereocenters. The molecule has 1 N–H and O–H groups in total. The van der Waals surface area contributed by atoms with Crippen molar-refractivity contribution >= 4 is 12.3 Å². The summed E-state index contributed by atoms with van der Waals surface area (Å²) in [6.07, 6.45) is 2.71. The zero-order valence-electron chi connectivity index (χ0n) is 10.6. The van der Waals surface area contributed by atoms with Crippen molar-refractivity contribution in [1.82, 2.24) is 5.32 Å². The molecule has 0 aromatic heterocycles. The number of hydrogen-bond acceptors (Lipinski definition) is 4. The summed E-state index contributed by atoms with van der Waals surface area (Å²) in [4.78, 5) is 21.2. The minimum Gasteiger partial charge on any atom is -0.469 e. The first-order valence-corrected chi connectivity index (χ1v) is 6.05. The molecular formula is C14H19NO3. The van der Waals surface area contributed by atoms with Gasteiger partial charge in [-0.05, 0) is 24.1 Å². The molecule has 4 heteroatoms. The number of carbonyl (C=O) groups is 2. The third-order valence-electron chi connectivity index (χ3n) is 2.60. The van der Waals surface area contributed by atoms with E-state index in [-0.39, 0.29) is 5.97 Å². The average molecular weight is 249 g/mol. The lowest BCUT2D eigenvalue weighted by atomic mass is 10.1. The molecular weight excluding hydrogens is 230 g/mol. The smallest absolute Gasteiger partial charge is 0.309 e. The average Bonchev–Trinajstić information content (AvgIpc) is 2.40. The van der Waals surface area contributed by atoms with E-state index in [9.17, 15) is 9.59 Å². The van der Waals surface area contributed by atoms with E-state index in [4.69, 9.17) is 0 Å². The third kappa shape index (κ3) is 5.59. The van der Waals surface area contributed by atoms with Crippen LogP contribution in [0.1, 0.15) is 24.0 Å². The van der Waals surface area contributed by atoms with Crippen LogP contribution in [0.15, 0.2) is 24.3 Å². The quantitative estimate of drug-likeness (QED) is 0.430. The topological polar surface area (TPSA) is 55.4 Å². The van der Waals surface area contributed by atoms with Crippen LogP contribution in [-0.2, 0) is 27.3 Å². The first-order valence-electron chi connectivity index (χ1n) is 6.05. The van der Waals surface area contributed by atoms with Crippen LogP contribution in [0.3, 0.4) is 0 Å². The highest BCUT2D eigenvalue weighted by molar-refractivity contribution is 5.72. The fraction of sp³-hybridized carbons (Fsp3) is 0.429. The van der Waals surface area contributed by atoms with Gasteiger partial charge < -0.3 is 14.8 Å². The summed E-state index contributed by atoms with van der Waals surface area (Å²) < 4.78 is 4.61. The number of benzene rings is 1. The zero-order valence-corrected chi connectivity index (χ0v) is 10.6. The summed E-state index contributed by atoms with van der Waals surface area (Å²) in [5.74, 6) is -0.227. The molecule has 1 aromatic rings. The van der Waals surface area contributed by atoms with Crippen molar-refractivity contribution in [3.05, 3.63) is 35.4 Å². The molecule has 0 spiro atoms. The van der Waals surface area contributed by atoms with Gasteiger partial charge in [0.25, 0.3) is 0 Å². The second-order valence-corrected chi connectivity index (χ2v) is 4.06. The Labute approximate surface area is 107 Å². The molecule has 0 aliphatic heterocycles. The molecule has 0 aliphatic rings. The van der Waals surface area contributed by atoms with Gasteiger partial charge in [0.2, 0.25) is 0 Å². The van der Waals surface area contributed by atoms with Crippen molar-refractivity contribution < 1.29 is 14.3 Å². The van der Waals surface area contributed by atoms with E-state index in [1.807, 2.05) is 24.3 Å². The van der Waals surface area contributed by atoms with Gasteiger partial charge >= 0.3 is 5.97 Å². The molecule has 4 nitrogen and oxygen atoms in total. The van der Waals surface area contributed by atoms with Gasteiger partial charge in [0.1, 0.15) is 6.29 Å². The molecule has 0 aliphatic carbocycles. The lowest BCUT2D eigenvalue weighted by Crippen LogP contribution is -2.14. The summed E-state index contributed by atoms with van der Waals surface area (Å²) in [6, 6.07) is 7.84. The Bertz CT molecular complexity index is 373. The van der Waals surface area contributed by atoms with E-state index in [0.29, 0.717) is 12.8 Å². The molecule has 0 unspecified atom stereocenters. The number of ether oxygens (including phenoxy) is 1. The minimum absolute atomic E-state index is 0.227. The van der Waals surface area contributed by atoms with E-state index in [2.05, 4.69) is 10.1 Å². The summed E-state index contributed by atoms with van der Waals surface area (Å²) in [5, 5.41) is 3.26. The van der Waals surface area contributed by atoms with Crippen LogP contribution in [-0.4, -0.2) is 25.9 Å². The van der Waals surface area contributed by atoms with E-state index in [1.54, 1.807) is 0 Å². The largest absolute Gasteiger partial charge is 0.469 e. The Balaban J connectivity index is 2.31. The number of methoxy groups -OCH3 is 1. The van der Waals surface area contributed by atoms with Crippen LogP contribution in [0.25, 0.3) is 0 Å². The number of hydrogen-bond donors (Lipinski definition) is 1. The minimum atomic E-state index is -0.227. The van der Waals surface area contributed by atoms with Crippen molar-refractivity contribution in [3.8, 4) is 0 Å². The number of aldehydes is 1. The van der Waals surface area contributed by atoms with Crippen molar-refractivity contribution in [3.63, 3.8) is 0 Å². The predicted molar refractivity (Wildman–Crippen MR) is 69.2 cm³/mol. The van der Waals surface area contributed by atoms with Crippen LogP contribution >= 0.6 is 0 Å². The number of unbranched alkanes of at least 4 members (excludes halogenated alkanes) is 1. The second kappa shape index (κ2) is 8.42. The van der Waals surface area contributed by atoms with Crippen LogP contribution in [0.4, 0.5) is 0 Å². The van der Waals surface area contributed by atoms with E-state index >= 15 is 0 Å². The summed E-state index contributed by atoms with van der Waals surface area (Å²) >= 11 is 0. The Morgan fingerprint density at radius 1 is 1.28 bits per heavy atom. The molecule has 98 valence electrons. The Kier molecular flexibility index (Phi) is 6.72. The van der Waals surface area contributed by atoms with Crippen LogP contribution < -0.4 is 5.32 Å². The lowest BCUT2D eigenvalue weighted by molar-refractivity contribution is -0.139. The van der Waals surface area contributed by atoms with Crippen LogP contribution in [0.2, 0.25) is 0 Å². The van der Waals surface area contributed by atoms with Crippen molar-refractivity contribution in [2.24, 2.45) is 0 Å². The maximum Gasteiger partial charge on any atom is 0.309 e. The first-order chi connectivity index (χ1) is 8.76. The fourth-order valence-electron chi connectivity index (χ4n) is 1.56. The van der Waals surface area contributed by atoms with Gasteiger partial charge in [-0.25, -0.2) is 0 Å². The van der Waals surface area contributed by atoms with E-state index in [1.165, 1.54) is 7.11 Å². The molecule has 18 heavy (non-hydrogen) atoms. The van der Waals surface area contributed by atoms with Crippen molar-refractivity contribution in [1.29, 1.82) is 0 Å². The maximum absolute atomic E-state index is 11.1. The molecule has 0 bridgehead atoms. The normalized spacial score (nSPS) is 10.1. The molecule has 0 saturated carbocycles. The van der Waals surface area contributed by atoms with Crippen molar-refractivity contribution in [2.75, 3.05) is 13.7 Å². The van der Waals surface area contributed by atoms with Gasteiger partial charge in [0, 0.05) is 13.0 Å². The molecule has 0 radical (unpaired) electrons. The number of rotatable bonds is 8. The maximum atomic E-state index is 11.1. The van der Waals surface area contributed by atoms with Gasteiger partial charge in [-0.15, -0.1) is 0 Å². The molecule has 0 fully saturated rings. The third-order valence-corrected chi connectivity index (χ3v) is 2.60. The predicted octanol–water partition coefficient (Wildman–Crippen LogP) is 1.47. The molecule has 0 amide bonds. The Morgan fingerprint density at radius 3 is 2.56 bits per heavy atom. The summed E-state index contributed by atoms with van der Waals surface area (Å²) in [7, 11) is 1.39. The van der Waals surface area contributed by atoms with E-state index in [0.717, 1.165) is 36.9 Å². The highest BCUT2D eigenvalue weighted by Crippen LogP contribution is 2.05. The first kappa shape index (κ1) is 14.4. The molecule has 0 heterocycles. The Morgan fingerprint density at radius 2 is 1.94 bits per heavy atom. The van der Waals surface area contributed by atoms with Crippen LogP contribution in [0.5, 0.6) is 0 Å². The van der Waals surface area contributed by atoms with Crippen LogP contribution in [0, 0.1) is 0 Å². The van der Waals surface area contributed by atoms with Gasteiger partial charge in [-0.3, -0.25) is 4.79 Å². The standard InChI is InChI=1S/C14H19NO3/c1-18-14(17)10-12-4-6-13(7-5-12)11-15-8-2-3-9-16/h4-7,9,15H,2-3,8,10-11H2,1H3. The number of nitrogens with one attached hydrogen (secondary N) is 1. The number of esters is 1. The molecule has 0 saturated heterocycles. The second-order valence-electron chi connectivity index (χ2n) is 4.06. The highest BCUT2D eigenvalue weighted by atomic mass is 16.5. The van der Waals surface area contributed by atoms with Gasteiger partial charge in [0.15, 0.2) is 0 Å². The lowest BCUT2D eigenvalue weighted by Gasteiger charge is -2.05. The summed E-state index contributed by atoms with van der Waals surface area (Å²) in [5.41, 5.74) is 2.11. The monoisotopic (exact) mass is 249 g/mol. The van der Waals surface area contributed by atoms with Gasteiger partial charge in [-0.1, -0.05) is 24.3 Å². The summed E-state index contributed by atoms with van der Waals surface area (Å²) in [6.45, 7) is 1.61.